The molecule has 5 nitrogen and oxygen atoms in total. The van der Waals surface area contributed by atoms with E-state index in [-0.39, 0.29) is 35.2 Å². The summed E-state index contributed by atoms with van der Waals surface area (Å²) in [6, 6.07) is 10.6. The Hall–Kier alpha value is -1.45. The first-order valence-corrected chi connectivity index (χ1v) is 9.88. The smallest absolute Gasteiger partial charge is 0.191 e. The van der Waals surface area contributed by atoms with Crippen molar-refractivity contribution in [2.24, 2.45) is 4.99 Å². The number of aliphatic imine (C=N–C) groups is 1. The molecule has 0 atom stereocenters. The molecule has 0 amide bonds. The van der Waals surface area contributed by atoms with E-state index in [0.717, 1.165) is 42.9 Å². The summed E-state index contributed by atoms with van der Waals surface area (Å²) >= 11 is 5.82. The zero-order chi connectivity index (χ0) is 19.8. The number of guanidine groups is 1. The van der Waals surface area contributed by atoms with Crippen LogP contribution in [0.25, 0.3) is 0 Å². The fraction of sp³-hybridized carbons (Fsp3) is 0.429. The van der Waals surface area contributed by atoms with Crippen molar-refractivity contribution in [3.05, 3.63) is 64.7 Å². The van der Waals surface area contributed by atoms with E-state index in [1.54, 1.807) is 31.4 Å². The van der Waals surface area contributed by atoms with Crippen LogP contribution in [0.2, 0.25) is 5.15 Å². The third kappa shape index (κ3) is 6.79. The number of ether oxygens (including phenoxy) is 1. The Balaban J connectivity index is 0.00000300. The highest BCUT2D eigenvalue weighted by molar-refractivity contribution is 14.0. The second kappa shape index (κ2) is 11.7. The number of rotatable bonds is 6. The Morgan fingerprint density at radius 2 is 2.03 bits per heavy atom. The molecule has 0 saturated carbocycles. The van der Waals surface area contributed by atoms with Gasteiger partial charge in [-0.1, -0.05) is 29.8 Å². The standard InChI is InChI=1S/C21H26ClFN4O.HI/c1-24-20(25-10-7-16-5-6-19(22)26-14-16)27-15-21(8-11-28-12-9-21)17-3-2-4-18(23)13-17;/h2-6,13-14H,7-12,15H2,1H3,(H2,24,25,27);1H. The third-order valence-corrected chi connectivity index (χ3v) is 5.42. The molecule has 29 heavy (non-hydrogen) atoms. The summed E-state index contributed by atoms with van der Waals surface area (Å²) in [5.74, 6) is 0.520. The summed E-state index contributed by atoms with van der Waals surface area (Å²) in [5.41, 5.74) is 1.94. The van der Waals surface area contributed by atoms with Gasteiger partial charge in [0, 0.05) is 45.0 Å². The Kier molecular flexibility index (Phi) is 9.58. The lowest BCUT2D eigenvalue weighted by Gasteiger charge is -2.38. The monoisotopic (exact) mass is 532 g/mol. The Bertz CT molecular complexity index is 798. The molecule has 1 aromatic carbocycles. The van der Waals surface area contributed by atoms with Gasteiger partial charge in [-0.25, -0.2) is 9.37 Å². The van der Waals surface area contributed by atoms with E-state index < -0.39 is 0 Å². The SMILES string of the molecule is CN=C(NCCc1ccc(Cl)nc1)NCC1(c2cccc(F)c2)CCOCC1.I. The predicted molar refractivity (Wildman–Crippen MR) is 126 cm³/mol. The lowest BCUT2D eigenvalue weighted by atomic mass is 9.74. The van der Waals surface area contributed by atoms with Crippen LogP contribution in [0.1, 0.15) is 24.0 Å². The number of aromatic nitrogens is 1. The van der Waals surface area contributed by atoms with Gasteiger partial charge in [0.1, 0.15) is 11.0 Å². The van der Waals surface area contributed by atoms with E-state index >= 15 is 0 Å². The first-order chi connectivity index (χ1) is 13.6. The second-order valence-corrected chi connectivity index (χ2v) is 7.38. The molecule has 0 radical (unpaired) electrons. The highest BCUT2D eigenvalue weighted by atomic mass is 127. The Morgan fingerprint density at radius 1 is 1.24 bits per heavy atom. The molecule has 0 bridgehead atoms. The molecule has 8 heteroatoms. The largest absolute Gasteiger partial charge is 0.381 e. The number of benzene rings is 1. The van der Waals surface area contributed by atoms with Gasteiger partial charge in [0.25, 0.3) is 0 Å². The molecule has 3 rings (SSSR count). The fourth-order valence-corrected chi connectivity index (χ4v) is 3.61. The second-order valence-electron chi connectivity index (χ2n) is 6.99. The molecule has 1 fully saturated rings. The van der Waals surface area contributed by atoms with Gasteiger partial charge in [0.15, 0.2) is 5.96 Å². The zero-order valence-corrected chi connectivity index (χ0v) is 19.5. The molecule has 2 aromatic rings. The molecular weight excluding hydrogens is 506 g/mol. The van der Waals surface area contributed by atoms with E-state index in [0.29, 0.717) is 24.9 Å². The average molecular weight is 533 g/mol. The minimum Gasteiger partial charge on any atom is -0.381 e. The summed E-state index contributed by atoms with van der Waals surface area (Å²) in [6.45, 7) is 2.74. The van der Waals surface area contributed by atoms with E-state index in [4.69, 9.17) is 16.3 Å². The van der Waals surface area contributed by atoms with Crippen LogP contribution in [-0.2, 0) is 16.6 Å². The van der Waals surface area contributed by atoms with Crippen LogP contribution < -0.4 is 10.6 Å². The molecule has 0 spiro atoms. The van der Waals surface area contributed by atoms with E-state index in [1.165, 1.54) is 6.07 Å². The van der Waals surface area contributed by atoms with Gasteiger partial charge in [0.05, 0.1) is 0 Å². The highest BCUT2D eigenvalue weighted by Crippen LogP contribution is 2.34. The third-order valence-electron chi connectivity index (χ3n) is 5.20. The van der Waals surface area contributed by atoms with Crippen LogP contribution in [0.5, 0.6) is 0 Å². The van der Waals surface area contributed by atoms with Crippen molar-refractivity contribution in [3.8, 4) is 0 Å². The van der Waals surface area contributed by atoms with Crippen molar-refractivity contribution in [1.29, 1.82) is 0 Å². The molecule has 2 heterocycles. The summed E-state index contributed by atoms with van der Waals surface area (Å²) in [4.78, 5) is 8.41. The van der Waals surface area contributed by atoms with Crippen LogP contribution >= 0.6 is 35.6 Å². The van der Waals surface area contributed by atoms with Gasteiger partial charge in [-0.05, 0) is 48.6 Å². The van der Waals surface area contributed by atoms with Crippen molar-refractivity contribution < 1.29 is 9.13 Å². The summed E-state index contributed by atoms with van der Waals surface area (Å²) in [6.07, 6.45) is 4.28. The molecule has 0 aliphatic carbocycles. The van der Waals surface area contributed by atoms with Crippen LogP contribution in [0.15, 0.2) is 47.6 Å². The van der Waals surface area contributed by atoms with Gasteiger partial charge in [-0.2, -0.15) is 0 Å². The average Bonchev–Trinajstić information content (AvgIpc) is 2.72. The molecule has 1 aliphatic rings. The summed E-state index contributed by atoms with van der Waals surface area (Å²) in [7, 11) is 1.75. The first-order valence-electron chi connectivity index (χ1n) is 9.50. The molecular formula is C21H27ClFIN4O. The lowest BCUT2D eigenvalue weighted by Crippen LogP contribution is -2.48. The predicted octanol–water partition coefficient (Wildman–Crippen LogP) is 3.95. The van der Waals surface area contributed by atoms with Gasteiger partial charge in [-0.3, -0.25) is 4.99 Å². The number of hydrogen-bond donors (Lipinski definition) is 2. The normalized spacial score (nSPS) is 16.0. The minimum atomic E-state index is -0.206. The van der Waals surface area contributed by atoms with Crippen LogP contribution in [0.3, 0.4) is 0 Å². The first kappa shape index (κ1) is 23.8. The maximum atomic E-state index is 13.8. The maximum absolute atomic E-state index is 13.8. The van der Waals surface area contributed by atoms with Crippen molar-refractivity contribution in [3.63, 3.8) is 0 Å². The molecule has 1 aliphatic heterocycles. The fourth-order valence-electron chi connectivity index (χ4n) is 3.50. The molecule has 1 saturated heterocycles. The number of pyridine rings is 1. The van der Waals surface area contributed by atoms with Crippen molar-refractivity contribution in [2.75, 3.05) is 33.4 Å². The van der Waals surface area contributed by atoms with Gasteiger partial charge >= 0.3 is 0 Å². The van der Waals surface area contributed by atoms with Crippen molar-refractivity contribution >= 4 is 41.5 Å². The summed E-state index contributed by atoms with van der Waals surface area (Å²) < 4.78 is 19.4. The molecule has 158 valence electrons. The van der Waals surface area contributed by atoms with Gasteiger partial charge in [-0.15, -0.1) is 24.0 Å². The van der Waals surface area contributed by atoms with Crippen molar-refractivity contribution in [1.82, 2.24) is 15.6 Å². The molecule has 1 aromatic heterocycles. The van der Waals surface area contributed by atoms with Crippen molar-refractivity contribution in [2.45, 2.75) is 24.7 Å². The molecule has 0 unspecified atom stereocenters. The number of nitrogens with zero attached hydrogens (tertiary/aromatic N) is 2. The van der Waals surface area contributed by atoms with E-state index in [1.807, 2.05) is 12.1 Å². The quantitative estimate of drug-likeness (QED) is 0.256. The number of halogens is 3. The Labute approximate surface area is 193 Å². The topological polar surface area (TPSA) is 58.5 Å². The van der Waals surface area contributed by atoms with Crippen LogP contribution in [0, 0.1) is 5.82 Å². The van der Waals surface area contributed by atoms with Crippen LogP contribution in [0.4, 0.5) is 4.39 Å². The maximum Gasteiger partial charge on any atom is 0.191 e. The van der Waals surface area contributed by atoms with E-state index in [9.17, 15) is 4.39 Å². The number of hydrogen-bond acceptors (Lipinski definition) is 3. The Morgan fingerprint density at radius 3 is 2.69 bits per heavy atom. The van der Waals surface area contributed by atoms with Crippen LogP contribution in [-0.4, -0.2) is 44.3 Å². The highest BCUT2D eigenvalue weighted by Gasteiger charge is 2.34. The minimum absolute atomic E-state index is 0. The lowest BCUT2D eigenvalue weighted by molar-refractivity contribution is 0.0513. The van der Waals surface area contributed by atoms with Gasteiger partial charge in [0.2, 0.25) is 0 Å². The summed E-state index contributed by atoms with van der Waals surface area (Å²) in [5, 5.41) is 7.24. The number of nitrogens with one attached hydrogen (secondary N) is 2. The zero-order valence-electron chi connectivity index (χ0n) is 16.5. The molecule has 2 N–H and O–H groups in total. The van der Waals surface area contributed by atoms with Gasteiger partial charge < -0.3 is 15.4 Å². The van der Waals surface area contributed by atoms with E-state index in [2.05, 4.69) is 20.6 Å².